The molecule has 290 valence electrons. The molecule has 0 radical (unpaired) electrons. The van der Waals surface area contributed by atoms with Crippen molar-refractivity contribution >= 4 is 11.4 Å². The first kappa shape index (κ1) is 45.2. The van der Waals surface area contributed by atoms with E-state index in [1.807, 2.05) is 14.4 Å². The Kier molecular flexibility index (Phi) is 26.1. The number of benzene rings is 2. The van der Waals surface area contributed by atoms with E-state index in [0.29, 0.717) is 0 Å². The monoisotopic (exact) mass is 741 g/mol. The summed E-state index contributed by atoms with van der Waals surface area (Å²) in [6.45, 7) is 13.5. The van der Waals surface area contributed by atoms with Gasteiger partial charge in [0.05, 0.1) is 0 Å². The second kappa shape index (κ2) is 29.5. The predicted octanol–water partition coefficient (Wildman–Crippen LogP) is 16.5. The van der Waals surface area contributed by atoms with Gasteiger partial charge in [0.1, 0.15) is 0 Å². The Balaban J connectivity index is 0.000000408. The molecule has 1 aliphatic rings. The van der Waals surface area contributed by atoms with Crippen molar-refractivity contribution in [3.8, 4) is 0 Å². The SMILES string of the molecule is CCCCCCCC[CH2][Ni][CH2]CCCCCCCC.CCCCCc1ccc(C2=C(CCCC)C(C)=C(c3ccc(CCCC)cc3)[N+]2=[N-])cc1. The fourth-order valence-electron chi connectivity index (χ4n) is 6.94. The molecule has 0 aromatic heterocycles. The van der Waals surface area contributed by atoms with Crippen molar-refractivity contribution in [3.63, 3.8) is 0 Å². The molecule has 2 aromatic rings. The van der Waals surface area contributed by atoms with Gasteiger partial charge in [-0.3, -0.25) is 0 Å². The Bertz CT molecular complexity index is 1220. The fourth-order valence-corrected chi connectivity index (χ4v) is 8.18. The molecule has 0 atom stereocenters. The van der Waals surface area contributed by atoms with Crippen LogP contribution in [-0.4, -0.2) is 4.70 Å². The van der Waals surface area contributed by atoms with E-state index in [4.69, 9.17) is 0 Å². The summed E-state index contributed by atoms with van der Waals surface area (Å²) in [4.78, 5) is 0. The van der Waals surface area contributed by atoms with E-state index in [-0.39, 0.29) is 0 Å². The Morgan fingerprint density at radius 3 is 1.27 bits per heavy atom. The van der Waals surface area contributed by atoms with Gasteiger partial charge in [0.25, 0.3) is 0 Å². The largest absolute Gasteiger partial charge is 0.493 e. The molecule has 0 amide bonds. The summed E-state index contributed by atoms with van der Waals surface area (Å²) in [7, 11) is 0. The van der Waals surface area contributed by atoms with Crippen LogP contribution >= 0.6 is 0 Å². The average Bonchev–Trinajstić information content (AvgIpc) is 3.40. The summed E-state index contributed by atoms with van der Waals surface area (Å²) in [5.74, 6) is 0. The molecule has 2 nitrogen and oxygen atoms in total. The molecule has 1 heterocycles. The van der Waals surface area contributed by atoms with Crippen LogP contribution in [0.3, 0.4) is 0 Å². The minimum atomic E-state index is 0.931. The molecule has 0 fully saturated rings. The molecular weight excluding hydrogens is 663 g/mol. The molecule has 1 aliphatic heterocycles. The van der Waals surface area contributed by atoms with E-state index in [9.17, 15) is 5.53 Å². The first-order valence-electron chi connectivity index (χ1n) is 21.6. The molecule has 0 N–H and O–H groups in total. The van der Waals surface area contributed by atoms with Gasteiger partial charge in [0, 0.05) is 22.3 Å². The van der Waals surface area contributed by atoms with E-state index in [2.05, 4.69) is 90.1 Å². The van der Waals surface area contributed by atoms with Crippen LogP contribution in [0.2, 0.25) is 10.8 Å². The third-order valence-electron chi connectivity index (χ3n) is 10.3. The maximum atomic E-state index is 11.4. The molecule has 51 heavy (non-hydrogen) atoms. The number of hydrogen-bond acceptors (Lipinski definition) is 0. The predicted molar refractivity (Wildman–Crippen MR) is 223 cm³/mol. The number of nitrogens with zero attached hydrogens (tertiary/aromatic N) is 2. The molecule has 0 bridgehead atoms. The Hall–Kier alpha value is -1.99. The van der Waals surface area contributed by atoms with Crippen LogP contribution in [0, 0.1) is 0 Å². The van der Waals surface area contributed by atoms with Crippen molar-refractivity contribution in [2.75, 3.05) is 0 Å². The summed E-state index contributed by atoms with van der Waals surface area (Å²) >= 11 is 2.01. The first-order chi connectivity index (χ1) is 25.0. The van der Waals surface area contributed by atoms with Crippen LogP contribution in [0.5, 0.6) is 0 Å². The van der Waals surface area contributed by atoms with Crippen LogP contribution in [-0.2, 0) is 27.3 Å². The average molecular weight is 742 g/mol. The second-order valence-electron chi connectivity index (χ2n) is 14.9. The second-order valence-corrected chi connectivity index (χ2v) is 16.4. The van der Waals surface area contributed by atoms with Crippen molar-refractivity contribution in [2.24, 2.45) is 0 Å². The van der Waals surface area contributed by atoms with Gasteiger partial charge < -0.3 is 5.53 Å². The summed E-state index contributed by atoms with van der Waals surface area (Å²) in [6.07, 6.45) is 32.0. The quantitative estimate of drug-likeness (QED) is 0.0471. The molecule has 0 unspecified atom stereocenters. The Morgan fingerprint density at radius 1 is 0.431 bits per heavy atom. The number of aryl methyl sites for hydroxylation is 2. The number of allylic oxidation sites excluding steroid dienone is 2. The summed E-state index contributed by atoms with van der Waals surface area (Å²) in [5.41, 5.74) is 20.7. The Morgan fingerprint density at radius 2 is 0.804 bits per heavy atom. The summed E-state index contributed by atoms with van der Waals surface area (Å²) in [6, 6.07) is 17.6. The molecule has 3 rings (SSSR count). The van der Waals surface area contributed by atoms with Gasteiger partial charge in [-0.05, 0) is 80.8 Å². The first-order valence-corrected chi connectivity index (χ1v) is 23.0. The van der Waals surface area contributed by atoms with Crippen molar-refractivity contribution in [1.29, 1.82) is 0 Å². The van der Waals surface area contributed by atoms with Gasteiger partial charge in [-0.1, -0.05) is 70.7 Å². The van der Waals surface area contributed by atoms with Crippen LogP contribution in [0.25, 0.3) is 16.9 Å². The number of rotatable bonds is 28. The van der Waals surface area contributed by atoms with Gasteiger partial charge in [-0.15, -0.1) is 0 Å². The summed E-state index contributed by atoms with van der Waals surface area (Å²) < 4.78 is 1.45. The van der Waals surface area contributed by atoms with E-state index >= 15 is 0 Å². The van der Waals surface area contributed by atoms with Gasteiger partial charge in [-0.2, -0.15) is 0 Å². The Labute approximate surface area is 323 Å². The number of hydrogen-bond donors (Lipinski definition) is 0. The minimum absolute atomic E-state index is 0.931. The van der Waals surface area contributed by atoms with E-state index in [0.717, 1.165) is 54.6 Å². The molecule has 0 saturated heterocycles. The number of unbranched alkanes of at least 4 members (excludes halogenated alkanes) is 16. The van der Waals surface area contributed by atoms with Crippen molar-refractivity contribution in [3.05, 3.63) is 87.5 Å². The van der Waals surface area contributed by atoms with Gasteiger partial charge >= 0.3 is 129 Å². The zero-order valence-corrected chi connectivity index (χ0v) is 35.2. The normalized spacial score (nSPS) is 13.0. The van der Waals surface area contributed by atoms with Crippen LogP contribution in [0.4, 0.5) is 0 Å². The fraction of sp³-hybridized carbons (Fsp3) is 0.667. The van der Waals surface area contributed by atoms with Gasteiger partial charge in [-0.25, -0.2) is 4.70 Å². The molecule has 2 aromatic carbocycles. The molecule has 0 saturated carbocycles. The molecule has 3 heteroatoms. The van der Waals surface area contributed by atoms with E-state index < -0.39 is 0 Å². The third-order valence-corrected chi connectivity index (χ3v) is 11.7. The molecular formula is C48H78N2Ni. The van der Waals surface area contributed by atoms with E-state index in [1.165, 1.54) is 160 Å². The van der Waals surface area contributed by atoms with Crippen molar-refractivity contribution in [1.82, 2.24) is 0 Å². The van der Waals surface area contributed by atoms with Crippen LogP contribution in [0.15, 0.2) is 59.7 Å². The zero-order chi connectivity index (χ0) is 36.9. The minimum Gasteiger partial charge on any atom is -0.493 e. The molecule has 0 spiro atoms. The zero-order valence-electron chi connectivity index (χ0n) is 34.2. The summed E-state index contributed by atoms with van der Waals surface area (Å²) in [5, 5.41) is 2.85. The van der Waals surface area contributed by atoms with E-state index in [1.54, 1.807) is 0 Å². The van der Waals surface area contributed by atoms with Crippen LogP contribution < -0.4 is 0 Å². The maximum absolute atomic E-state index is 11.4. The van der Waals surface area contributed by atoms with Gasteiger partial charge in [0.2, 0.25) is 11.4 Å². The smallest absolute Gasteiger partial charge is 0.211 e. The third kappa shape index (κ3) is 18.1. The standard InChI is InChI=1S/C30H40N2.2C9H19.Ni/c1-5-8-11-13-25-17-21-27(22-18-25)30-28(14-10-7-3)23(4)29(32(30)31)26-19-15-24(16-20-26)12-9-6-2;2*1-3-5-7-9-8-6-4-2;/h15-22H,5-14H2,1-4H3;2*1,3-9H2,2H3;. The topological polar surface area (TPSA) is 25.3 Å². The molecule has 0 aliphatic carbocycles. The van der Waals surface area contributed by atoms with Gasteiger partial charge in [0.15, 0.2) is 0 Å². The maximum Gasteiger partial charge on any atom is 0.211 e. The van der Waals surface area contributed by atoms with Crippen molar-refractivity contribution < 1.29 is 19.1 Å². The van der Waals surface area contributed by atoms with Crippen LogP contribution in [0.1, 0.15) is 205 Å². The van der Waals surface area contributed by atoms with Crippen molar-refractivity contribution in [2.45, 2.75) is 206 Å².